The molecule has 4 heteroatoms. The highest BCUT2D eigenvalue weighted by Gasteiger charge is 2.16. The first kappa shape index (κ1) is 5.62. The van der Waals surface area contributed by atoms with Crippen molar-refractivity contribution in [2.45, 2.75) is 6.42 Å². The van der Waals surface area contributed by atoms with Crippen LogP contribution in [0.2, 0.25) is 0 Å². The number of carbonyl (C=O) groups excluding carboxylic acids is 2. The first-order valence-corrected chi connectivity index (χ1v) is 3.15. The van der Waals surface area contributed by atoms with Gasteiger partial charge in [0, 0.05) is 5.75 Å². The highest BCUT2D eigenvalue weighted by molar-refractivity contribution is 8.13. The maximum Gasteiger partial charge on any atom is 0.374 e. The molecule has 8 heavy (non-hydrogen) atoms. The smallest absolute Gasteiger partial charge is 0.374 e. The van der Waals surface area contributed by atoms with Gasteiger partial charge in [-0.1, -0.05) is 0 Å². The van der Waals surface area contributed by atoms with Crippen molar-refractivity contribution in [3.05, 3.63) is 0 Å². The predicted molar refractivity (Wildman–Crippen MR) is 28.6 cm³/mol. The third kappa shape index (κ3) is 1.23. The summed E-state index contributed by atoms with van der Waals surface area (Å²) in [7, 11) is 0. The van der Waals surface area contributed by atoms with Gasteiger partial charge in [-0.2, -0.15) is 0 Å². The number of hydrogen-bond donors (Lipinski definition) is 0. The van der Waals surface area contributed by atoms with Crippen LogP contribution in [0.3, 0.4) is 0 Å². The average molecular weight is 132 g/mol. The van der Waals surface area contributed by atoms with E-state index < -0.39 is 11.3 Å². The molecule has 0 aromatic heterocycles. The van der Waals surface area contributed by atoms with E-state index >= 15 is 0 Å². The second-order valence-electron chi connectivity index (χ2n) is 1.32. The Hall–Kier alpha value is -0.510. The molecule has 1 saturated heterocycles. The number of carbonyl (C=O) groups is 2. The van der Waals surface area contributed by atoms with Gasteiger partial charge in [-0.3, -0.25) is 4.79 Å². The molecule has 0 bridgehead atoms. The van der Waals surface area contributed by atoms with Crippen LogP contribution >= 0.6 is 11.8 Å². The Morgan fingerprint density at radius 3 is 2.62 bits per heavy atom. The minimum Gasteiger partial charge on any atom is -0.385 e. The number of rotatable bonds is 0. The fourth-order valence-electron chi connectivity index (χ4n) is 0.391. The van der Waals surface area contributed by atoms with Crippen LogP contribution in [0.15, 0.2) is 0 Å². The SMILES string of the molecule is O=C1CCSC(=O)O1. The molecule has 0 amide bonds. The summed E-state index contributed by atoms with van der Waals surface area (Å²) >= 11 is 1.04. The molecule has 0 N–H and O–H groups in total. The van der Waals surface area contributed by atoms with Gasteiger partial charge in [-0.05, 0) is 11.8 Å². The molecule has 1 rings (SSSR count). The lowest BCUT2D eigenvalue weighted by Crippen LogP contribution is -2.14. The van der Waals surface area contributed by atoms with Crippen LogP contribution in [0.5, 0.6) is 0 Å². The number of esters is 1. The third-order valence-corrected chi connectivity index (χ3v) is 1.45. The van der Waals surface area contributed by atoms with Gasteiger partial charge in [0.25, 0.3) is 0 Å². The maximum absolute atomic E-state index is 10.2. The molecule has 0 unspecified atom stereocenters. The molecular formula is C4H4O3S. The van der Waals surface area contributed by atoms with E-state index in [0.717, 1.165) is 11.8 Å². The summed E-state index contributed by atoms with van der Waals surface area (Å²) in [5, 5.41) is -0.471. The summed E-state index contributed by atoms with van der Waals surface area (Å²) in [6.07, 6.45) is 0.358. The lowest BCUT2D eigenvalue weighted by atomic mass is 10.5. The van der Waals surface area contributed by atoms with Gasteiger partial charge in [0.15, 0.2) is 0 Å². The van der Waals surface area contributed by atoms with Crippen LogP contribution in [0, 0.1) is 0 Å². The fraction of sp³-hybridized carbons (Fsp3) is 0.500. The number of ether oxygens (including phenoxy) is 1. The molecule has 0 atom stereocenters. The molecule has 3 nitrogen and oxygen atoms in total. The van der Waals surface area contributed by atoms with Crippen molar-refractivity contribution in [1.29, 1.82) is 0 Å². The minimum absolute atomic E-state index is 0.358. The van der Waals surface area contributed by atoms with E-state index in [4.69, 9.17) is 0 Å². The van der Waals surface area contributed by atoms with E-state index in [1.807, 2.05) is 0 Å². The third-order valence-electron chi connectivity index (χ3n) is 0.723. The zero-order valence-electron chi connectivity index (χ0n) is 4.05. The Labute approximate surface area is 50.4 Å². The van der Waals surface area contributed by atoms with Crippen LogP contribution in [0.25, 0.3) is 0 Å². The van der Waals surface area contributed by atoms with Crippen LogP contribution in [-0.4, -0.2) is 17.0 Å². The molecule has 1 heterocycles. The zero-order chi connectivity index (χ0) is 5.98. The van der Waals surface area contributed by atoms with Crippen molar-refractivity contribution in [1.82, 2.24) is 0 Å². The number of thioether (sulfide) groups is 1. The van der Waals surface area contributed by atoms with E-state index in [0.29, 0.717) is 12.2 Å². The van der Waals surface area contributed by atoms with Crippen molar-refractivity contribution >= 4 is 23.0 Å². The van der Waals surface area contributed by atoms with Gasteiger partial charge in [0.05, 0.1) is 6.42 Å². The van der Waals surface area contributed by atoms with Crippen molar-refractivity contribution < 1.29 is 14.3 Å². The maximum atomic E-state index is 10.2. The van der Waals surface area contributed by atoms with Gasteiger partial charge < -0.3 is 4.74 Å². The predicted octanol–water partition coefficient (Wildman–Crippen LogP) is 0.786. The first-order chi connectivity index (χ1) is 3.79. The highest BCUT2D eigenvalue weighted by Crippen LogP contribution is 2.13. The van der Waals surface area contributed by atoms with Gasteiger partial charge in [-0.15, -0.1) is 0 Å². The largest absolute Gasteiger partial charge is 0.385 e. The Balaban J connectivity index is 2.45. The number of cyclic esters (lactones) is 2. The van der Waals surface area contributed by atoms with E-state index in [1.165, 1.54) is 0 Å². The zero-order valence-corrected chi connectivity index (χ0v) is 4.86. The van der Waals surface area contributed by atoms with Gasteiger partial charge in [-0.25, -0.2) is 4.79 Å². The molecule has 44 valence electrons. The lowest BCUT2D eigenvalue weighted by molar-refractivity contribution is -0.136. The second kappa shape index (κ2) is 2.17. The van der Waals surface area contributed by atoms with Crippen molar-refractivity contribution in [3.63, 3.8) is 0 Å². The Bertz CT molecular complexity index is 117. The number of hydrogen-bond acceptors (Lipinski definition) is 4. The summed E-state index contributed by atoms with van der Waals surface area (Å²) in [6.45, 7) is 0. The summed E-state index contributed by atoms with van der Waals surface area (Å²) < 4.78 is 4.17. The fourth-order valence-corrected chi connectivity index (χ4v) is 0.978. The Morgan fingerprint density at radius 1 is 1.50 bits per heavy atom. The quantitative estimate of drug-likeness (QED) is 0.361. The molecule has 0 aliphatic carbocycles. The normalized spacial score (nSPS) is 20.5. The Kier molecular flexibility index (Phi) is 1.53. The lowest BCUT2D eigenvalue weighted by Gasteiger charge is -2.05. The molecule has 1 aliphatic heterocycles. The van der Waals surface area contributed by atoms with E-state index in [9.17, 15) is 9.59 Å². The summed E-state index contributed by atoms with van der Waals surface area (Å²) in [5.41, 5.74) is 0. The molecule has 1 fully saturated rings. The highest BCUT2D eigenvalue weighted by atomic mass is 32.2. The molecule has 0 saturated carbocycles. The molecule has 1 aliphatic rings. The van der Waals surface area contributed by atoms with Gasteiger partial charge in [0.2, 0.25) is 0 Å². The first-order valence-electron chi connectivity index (χ1n) is 2.16. The van der Waals surface area contributed by atoms with Gasteiger partial charge >= 0.3 is 11.3 Å². The molecule has 0 spiro atoms. The summed E-state index contributed by atoms with van der Waals surface area (Å²) in [6, 6.07) is 0. The second-order valence-corrected chi connectivity index (χ2v) is 2.35. The topological polar surface area (TPSA) is 43.4 Å². The van der Waals surface area contributed by atoms with Crippen LogP contribution in [0.1, 0.15) is 6.42 Å². The van der Waals surface area contributed by atoms with Crippen molar-refractivity contribution in [2.24, 2.45) is 0 Å². The van der Waals surface area contributed by atoms with Crippen LogP contribution in [-0.2, 0) is 9.53 Å². The standard InChI is InChI=1S/C4H4O3S/c5-3-1-2-8-4(6)7-3/h1-2H2. The van der Waals surface area contributed by atoms with Crippen molar-refractivity contribution in [3.8, 4) is 0 Å². The minimum atomic E-state index is -0.471. The van der Waals surface area contributed by atoms with E-state index in [2.05, 4.69) is 4.74 Å². The summed E-state index contributed by atoms with van der Waals surface area (Å²) in [4.78, 5) is 20.4. The van der Waals surface area contributed by atoms with Crippen molar-refractivity contribution in [2.75, 3.05) is 5.75 Å². The monoisotopic (exact) mass is 132 g/mol. The molecule has 0 aromatic carbocycles. The average Bonchev–Trinajstić information content (AvgIpc) is 1.64. The van der Waals surface area contributed by atoms with Gasteiger partial charge in [0.1, 0.15) is 0 Å². The Morgan fingerprint density at radius 2 is 2.25 bits per heavy atom. The molecular weight excluding hydrogens is 128 g/mol. The van der Waals surface area contributed by atoms with E-state index in [-0.39, 0.29) is 0 Å². The van der Waals surface area contributed by atoms with Crippen LogP contribution < -0.4 is 0 Å². The molecule has 0 radical (unpaired) electrons. The summed E-state index contributed by atoms with van der Waals surface area (Å²) in [5.74, 6) is 0.159. The van der Waals surface area contributed by atoms with E-state index in [1.54, 1.807) is 0 Å². The van der Waals surface area contributed by atoms with Crippen LogP contribution in [0.4, 0.5) is 4.79 Å². The molecule has 0 aromatic rings.